The van der Waals surface area contributed by atoms with E-state index in [1.807, 2.05) is 11.8 Å². The normalized spacial score (nSPS) is 12.9. The molecule has 0 bridgehead atoms. The van der Waals surface area contributed by atoms with Crippen molar-refractivity contribution in [2.24, 2.45) is 0 Å². The number of benzene rings is 6. The lowest BCUT2D eigenvalue weighted by Crippen LogP contribution is -1.99. The van der Waals surface area contributed by atoms with Gasteiger partial charge in [-0.1, -0.05) is 91.0 Å². The molecule has 1 aromatic heterocycles. The second-order valence-electron chi connectivity index (χ2n) is 9.29. The molecule has 0 saturated carbocycles. The van der Waals surface area contributed by atoms with Crippen LogP contribution in [0.5, 0.6) is 0 Å². The molecule has 0 N–H and O–H groups in total. The number of nitrogens with zero attached hydrogens (tertiary/aromatic N) is 1. The third-order valence-electron chi connectivity index (χ3n) is 7.49. The highest BCUT2D eigenvalue weighted by Crippen LogP contribution is 2.50. The number of hydrogen-bond acceptors (Lipinski definition) is 1. The minimum Gasteiger partial charge on any atom is -0.309 e. The van der Waals surface area contributed by atoms with Gasteiger partial charge in [0.05, 0.1) is 16.7 Å². The standard InChI is InChI=1S/C33H21NS/c1-3-11-23-22(9-1)16-17-25-27(23)20-35-31-19-18-30-32(33(25)31)26-13-5-6-14-29(26)34(30)28-15-7-10-21-8-2-4-12-24(21)28/h1-19H,20H2. The van der Waals surface area contributed by atoms with Gasteiger partial charge in [-0.15, -0.1) is 11.8 Å². The molecule has 6 aromatic carbocycles. The van der Waals surface area contributed by atoms with Gasteiger partial charge in [0, 0.05) is 32.4 Å². The van der Waals surface area contributed by atoms with Crippen LogP contribution in [0.4, 0.5) is 0 Å². The molecule has 0 fully saturated rings. The highest BCUT2D eigenvalue weighted by molar-refractivity contribution is 7.98. The highest BCUT2D eigenvalue weighted by atomic mass is 32.2. The molecule has 2 heteroatoms. The van der Waals surface area contributed by atoms with Crippen LogP contribution in [-0.4, -0.2) is 4.57 Å². The van der Waals surface area contributed by atoms with Crippen molar-refractivity contribution in [1.29, 1.82) is 0 Å². The van der Waals surface area contributed by atoms with E-state index in [1.54, 1.807) is 0 Å². The van der Waals surface area contributed by atoms with Crippen LogP contribution < -0.4 is 0 Å². The summed E-state index contributed by atoms with van der Waals surface area (Å²) < 4.78 is 2.47. The van der Waals surface area contributed by atoms with Crippen molar-refractivity contribution in [2.45, 2.75) is 10.6 Å². The molecule has 0 saturated heterocycles. The monoisotopic (exact) mass is 463 g/mol. The van der Waals surface area contributed by atoms with Gasteiger partial charge in [0.2, 0.25) is 0 Å². The number of fused-ring (bicyclic) bond motifs is 10. The summed E-state index contributed by atoms with van der Waals surface area (Å²) in [5.41, 5.74) is 7.97. The lowest BCUT2D eigenvalue weighted by Gasteiger charge is -2.22. The first-order valence-corrected chi connectivity index (χ1v) is 13.1. The predicted molar refractivity (Wildman–Crippen MR) is 151 cm³/mol. The maximum atomic E-state index is 2.47. The SMILES string of the molecule is c1ccc2c(-n3c4ccccc4c4c5c(ccc43)SCc3c-5ccc4ccccc34)cccc2c1. The molecule has 0 amide bonds. The number of para-hydroxylation sites is 1. The summed E-state index contributed by atoms with van der Waals surface area (Å²) in [5.74, 6) is 1.01. The number of rotatable bonds is 1. The van der Waals surface area contributed by atoms with Crippen LogP contribution in [0, 0.1) is 0 Å². The van der Waals surface area contributed by atoms with E-state index in [9.17, 15) is 0 Å². The van der Waals surface area contributed by atoms with Crippen LogP contribution in [0.15, 0.2) is 120 Å². The number of hydrogen-bond donors (Lipinski definition) is 0. The summed E-state index contributed by atoms with van der Waals surface area (Å²) in [6.45, 7) is 0. The van der Waals surface area contributed by atoms with Gasteiger partial charge in [0.25, 0.3) is 0 Å². The fourth-order valence-electron chi connectivity index (χ4n) is 5.97. The van der Waals surface area contributed by atoms with Crippen molar-refractivity contribution in [2.75, 3.05) is 0 Å². The average molecular weight is 464 g/mol. The Morgan fingerprint density at radius 3 is 2.14 bits per heavy atom. The second-order valence-corrected chi connectivity index (χ2v) is 10.3. The van der Waals surface area contributed by atoms with Crippen molar-refractivity contribution in [3.8, 4) is 16.8 Å². The Morgan fingerprint density at radius 2 is 1.26 bits per heavy atom. The van der Waals surface area contributed by atoms with Crippen LogP contribution in [0.1, 0.15) is 5.56 Å². The Hall–Kier alpha value is -4.01. The van der Waals surface area contributed by atoms with E-state index in [1.165, 1.54) is 70.6 Å². The van der Waals surface area contributed by atoms with Crippen molar-refractivity contribution >= 4 is 55.1 Å². The first-order valence-electron chi connectivity index (χ1n) is 12.1. The molecule has 0 atom stereocenters. The smallest absolute Gasteiger partial charge is 0.0548 e. The van der Waals surface area contributed by atoms with Crippen LogP contribution in [-0.2, 0) is 5.75 Å². The molecule has 35 heavy (non-hydrogen) atoms. The summed E-state index contributed by atoms with van der Waals surface area (Å²) in [4.78, 5) is 1.38. The molecule has 164 valence electrons. The molecule has 1 nitrogen and oxygen atoms in total. The van der Waals surface area contributed by atoms with Crippen LogP contribution in [0.25, 0.3) is 60.2 Å². The lowest BCUT2D eigenvalue weighted by molar-refractivity contribution is 1.19. The van der Waals surface area contributed by atoms with Crippen LogP contribution >= 0.6 is 11.8 Å². The average Bonchev–Trinajstić information content (AvgIpc) is 3.26. The summed E-state index contributed by atoms with van der Waals surface area (Å²) in [6.07, 6.45) is 0. The topological polar surface area (TPSA) is 4.93 Å². The van der Waals surface area contributed by atoms with Crippen LogP contribution in [0.3, 0.4) is 0 Å². The van der Waals surface area contributed by atoms with Gasteiger partial charge in [-0.3, -0.25) is 0 Å². The molecule has 0 aliphatic carbocycles. The lowest BCUT2D eigenvalue weighted by atomic mass is 9.92. The van der Waals surface area contributed by atoms with Crippen molar-refractivity contribution in [3.05, 3.63) is 121 Å². The van der Waals surface area contributed by atoms with E-state index >= 15 is 0 Å². The Balaban J connectivity index is 1.55. The van der Waals surface area contributed by atoms with Gasteiger partial charge >= 0.3 is 0 Å². The zero-order valence-electron chi connectivity index (χ0n) is 19.0. The number of aromatic nitrogens is 1. The molecule has 1 aliphatic rings. The molecule has 0 spiro atoms. The zero-order chi connectivity index (χ0) is 22.9. The summed E-state index contributed by atoms with van der Waals surface area (Å²) in [5, 5.41) is 7.90. The van der Waals surface area contributed by atoms with E-state index in [-0.39, 0.29) is 0 Å². The summed E-state index contributed by atoms with van der Waals surface area (Å²) in [7, 11) is 0. The number of thioether (sulfide) groups is 1. The first kappa shape index (κ1) is 19.3. The predicted octanol–water partition coefficient (Wildman–Crippen LogP) is 9.36. The molecule has 0 radical (unpaired) electrons. The van der Waals surface area contributed by atoms with Gasteiger partial charge in [-0.2, -0.15) is 0 Å². The molecule has 7 aromatic rings. The Labute approximate surface area is 207 Å². The summed E-state index contributed by atoms with van der Waals surface area (Å²) >= 11 is 1.97. The maximum absolute atomic E-state index is 2.47. The zero-order valence-corrected chi connectivity index (χ0v) is 19.8. The third-order valence-corrected chi connectivity index (χ3v) is 8.57. The molecular formula is C33H21NS. The Morgan fingerprint density at radius 1 is 0.543 bits per heavy atom. The minimum absolute atomic E-state index is 1.01. The maximum Gasteiger partial charge on any atom is 0.0548 e. The minimum atomic E-state index is 1.01. The molecule has 2 heterocycles. The largest absolute Gasteiger partial charge is 0.309 e. The fourth-order valence-corrected chi connectivity index (χ4v) is 7.10. The van der Waals surface area contributed by atoms with Crippen molar-refractivity contribution < 1.29 is 0 Å². The van der Waals surface area contributed by atoms with Crippen molar-refractivity contribution in [3.63, 3.8) is 0 Å². The second kappa shape index (κ2) is 7.24. The van der Waals surface area contributed by atoms with Gasteiger partial charge in [0.1, 0.15) is 0 Å². The quantitative estimate of drug-likeness (QED) is 0.235. The highest BCUT2D eigenvalue weighted by Gasteiger charge is 2.25. The van der Waals surface area contributed by atoms with E-state index in [4.69, 9.17) is 0 Å². The Kier molecular flexibility index (Phi) is 4.00. The first-order chi connectivity index (χ1) is 17.4. The van der Waals surface area contributed by atoms with E-state index in [0.717, 1.165) is 5.75 Å². The van der Waals surface area contributed by atoms with E-state index in [2.05, 4.69) is 120 Å². The Bertz CT molecular complexity index is 1960. The van der Waals surface area contributed by atoms with Crippen LogP contribution in [0.2, 0.25) is 0 Å². The van der Waals surface area contributed by atoms with E-state index < -0.39 is 0 Å². The molecule has 0 unspecified atom stereocenters. The molecule has 1 aliphatic heterocycles. The fraction of sp³-hybridized carbons (Fsp3) is 0.0303. The molecular weight excluding hydrogens is 442 g/mol. The van der Waals surface area contributed by atoms with E-state index in [0.29, 0.717) is 0 Å². The summed E-state index contributed by atoms with van der Waals surface area (Å²) in [6, 6.07) is 42.3. The van der Waals surface area contributed by atoms with Gasteiger partial charge < -0.3 is 4.57 Å². The molecule has 8 rings (SSSR count). The third kappa shape index (κ3) is 2.66. The van der Waals surface area contributed by atoms with Gasteiger partial charge in [-0.05, 0) is 51.6 Å². The van der Waals surface area contributed by atoms with Crippen molar-refractivity contribution in [1.82, 2.24) is 4.57 Å². The van der Waals surface area contributed by atoms with Gasteiger partial charge in [-0.25, -0.2) is 0 Å². The van der Waals surface area contributed by atoms with Gasteiger partial charge in [0.15, 0.2) is 0 Å².